The van der Waals surface area contributed by atoms with Crippen molar-refractivity contribution in [3.05, 3.63) is 29.8 Å². The van der Waals surface area contributed by atoms with Crippen molar-refractivity contribution in [1.29, 1.82) is 0 Å². The van der Waals surface area contributed by atoms with E-state index in [1.165, 1.54) is 6.42 Å². The lowest BCUT2D eigenvalue weighted by Crippen LogP contribution is -2.67. The molecule has 0 aromatic heterocycles. The SMILES string of the molecule is C[C@H]1CCCCN1C(=O)[C@@H]1C[C@@H]2CC[C@@H]1C[C@@]21NC(=O)c2ccccc2O1. The Hall–Kier alpha value is -2.04. The molecular weight excluding hydrogens is 340 g/mol. The number of likely N-dealkylation sites (tertiary alicyclic amines) is 1. The lowest BCUT2D eigenvalue weighted by molar-refractivity contribution is -0.158. The lowest BCUT2D eigenvalue weighted by atomic mass is 9.59. The molecule has 1 N–H and O–H groups in total. The minimum atomic E-state index is -0.626. The Bertz CT molecular complexity index is 779. The Labute approximate surface area is 160 Å². The minimum Gasteiger partial charge on any atom is -0.467 e. The van der Waals surface area contributed by atoms with Crippen molar-refractivity contribution in [2.75, 3.05) is 6.54 Å². The zero-order valence-electron chi connectivity index (χ0n) is 15.9. The van der Waals surface area contributed by atoms with Crippen LogP contribution < -0.4 is 10.1 Å². The smallest absolute Gasteiger partial charge is 0.258 e. The van der Waals surface area contributed by atoms with Crippen LogP contribution >= 0.6 is 0 Å². The molecule has 1 aromatic carbocycles. The first-order chi connectivity index (χ1) is 13.1. The van der Waals surface area contributed by atoms with Crippen molar-refractivity contribution in [2.24, 2.45) is 17.8 Å². The highest BCUT2D eigenvalue weighted by Crippen LogP contribution is 2.53. The van der Waals surface area contributed by atoms with Crippen LogP contribution in [-0.2, 0) is 4.79 Å². The fourth-order valence-corrected chi connectivity index (χ4v) is 5.90. The number of nitrogens with zero attached hydrogens (tertiary/aromatic N) is 1. The maximum Gasteiger partial charge on any atom is 0.258 e. The second kappa shape index (κ2) is 6.25. The number of hydrogen-bond acceptors (Lipinski definition) is 3. The highest BCUT2D eigenvalue weighted by atomic mass is 16.5. The number of piperidine rings is 1. The van der Waals surface area contributed by atoms with Crippen molar-refractivity contribution >= 4 is 11.8 Å². The summed E-state index contributed by atoms with van der Waals surface area (Å²) in [6.45, 7) is 3.08. The van der Waals surface area contributed by atoms with Gasteiger partial charge in [0.15, 0.2) is 5.72 Å². The molecule has 3 saturated carbocycles. The van der Waals surface area contributed by atoms with Gasteiger partial charge in [0.05, 0.1) is 5.56 Å². The Morgan fingerprint density at radius 3 is 2.85 bits per heavy atom. The molecule has 144 valence electrons. The molecule has 5 heteroatoms. The van der Waals surface area contributed by atoms with Crippen molar-refractivity contribution in [3.63, 3.8) is 0 Å². The van der Waals surface area contributed by atoms with Crippen molar-refractivity contribution < 1.29 is 14.3 Å². The van der Waals surface area contributed by atoms with Gasteiger partial charge in [-0.2, -0.15) is 0 Å². The summed E-state index contributed by atoms with van der Waals surface area (Å²) in [7, 11) is 0. The first-order valence-electron chi connectivity index (χ1n) is 10.5. The van der Waals surface area contributed by atoms with E-state index in [4.69, 9.17) is 4.74 Å². The molecule has 5 nitrogen and oxygen atoms in total. The summed E-state index contributed by atoms with van der Waals surface area (Å²) in [5.41, 5.74) is -0.0158. The van der Waals surface area contributed by atoms with Gasteiger partial charge in [-0.15, -0.1) is 0 Å². The summed E-state index contributed by atoms with van der Waals surface area (Å²) in [6.07, 6.45) is 7.12. The Balaban J connectivity index is 1.38. The number of carbonyl (C=O) groups excluding carboxylic acids is 2. The van der Waals surface area contributed by atoms with Gasteiger partial charge in [0.25, 0.3) is 5.91 Å². The number of hydrogen-bond donors (Lipinski definition) is 1. The van der Waals surface area contributed by atoms with E-state index in [-0.39, 0.29) is 17.7 Å². The van der Waals surface area contributed by atoms with E-state index in [9.17, 15) is 9.59 Å². The van der Waals surface area contributed by atoms with E-state index in [0.717, 1.165) is 45.1 Å². The van der Waals surface area contributed by atoms with Crippen LogP contribution in [0.3, 0.4) is 0 Å². The molecular formula is C22H28N2O3. The van der Waals surface area contributed by atoms with Gasteiger partial charge in [-0.05, 0) is 63.5 Å². The largest absolute Gasteiger partial charge is 0.467 e. The van der Waals surface area contributed by atoms with Crippen LogP contribution in [0.4, 0.5) is 0 Å². The third kappa shape index (κ3) is 2.66. The van der Waals surface area contributed by atoms with Gasteiger partial charge in [-0.1, -0.05) is 12.1 Å². The fraction of sp³-hybridized carbons (Fsp3) is 0.636. The number of amides is 2. The van der Waals surface area contributed by atoms with E-state index in [1.54, 1.807) is 0 Å². The lowest BCUT2D eigenvalue weighted by Gasteiger charge is -2.55. The quantitative estimate of drug-likeness (QED) is 0.827. The molecule has 2 bridgehead atoms. The minimum absolute atomic E-state index is 0.0445. The molecule has 2 aliphatic heterocycles. The average Bonchev–Trinajstić information content (AvgIpc) is 2.68. The van der Waals surface area contributed by atoms with Gasteiger partial charge in [0.2, 0.25) is 5.91 Å². The summed E-state index contributed by atoms with van der Waals surface area (Å²) in [5, 5.41) is 3.18. The molecule has 1 saturated heterocycles. The number of para-hydroxylation sites is 1. The van der Waals surface area contributed by atoms with Crippen molar-refractivity contribution in [1.82, 2.24) is 10.2 Å². The normalized spacial score (nSPS) is 37.5. The first kappa shape index (κ1) is 17.1. The monoisotopic (exact) mass is 368 g/mol. The van der Waals surface area contributed by atoms with Gasteiger partial charge < -0.3 is 15.0 Å². The predicted octanol–water partition coefficient (Wildman–Crippen LogP) is 3.34. The fourth-order valence-electron chi connectivity index (χ4n) is 5.90. The highest BCUT2D eigenvalue weighted by molar-refractivity contribution is 5.98. The van der Waals surface area contributed by atoms with Gasteiger partial charge in [-0.3, -0.25) is 9.59 Å². The summed E-state index contributed by atoms with van der Waals surface area (Å²) in [6, 6.07) is 7.83. The van der Waals surface area contributed by atoms with Gasteiger partial charge in [0.1, 0.15) is 5.75 Å². The van der Waals surface area contributed by atoms with Crippen molar-refractivity contribution in [3.8, 4) is 5.75 Å². The maximum absolute atomic E-state index is 13.3. The molecule has 0 radical (unpaired) electrons. The number of ether oxygens (including phenoxy) is 1. The summed E-state index contributed by atoms with van der Waals surface area (Å²) >= 11 is 0. The van der Waals surface area contributed by atoms with E-state index >= 15 is 0 Å². The van der Waals surface area contributed by atoms with Crippen LogP contribution in [0.5, 0.6) is 5.75 Å². The van der Waals surface area contributed by atoms with E-state index < -0.39 is 5.72 Å². The molecule has 1 spiro atoms. The van der Waals surface area contributed by atoms with Gasteiger partial charge >= 0.3 is 0 Å². The maximum atomic E-state index is 13.3. The number of fused-ring (bicyclic) bond motifs is 3. The van der Waals surface area contributed by atoms with E-state index in [1.807, 2.05) is 24.3 Å². The number of nitrogens with one attached hydrogen (secondary N) is 1. The van der Waals surface area contributed by atoms with Crippen LogP contribution in [0.15, 0.2) is 24.3 Å². The molecule has 2 amide bonds. The van der Waals surface area contributed by atoms with Gasteiger partial charge in [0, 0.05) is 30.8 Å². The predicted molar refractivity (Wildman–Crippen MR) is 101 cm³/mol. The van der Waals surface area contributed by atoms with Crippen molar-refractivity contribution in [2.45, 2.75) is 63.6 Å². The number of benzene rings is 1. The Kier molecular flexibility index (Phi) is 3.95. The average molecular weight is 368 g/mol. The molecule has 27 heavy (non-hydrogen) atoms. The summed E-state index contributed by atoms with van der Waals surface area (Å²) < 4.78 is 6.40. The molecule has 6 rings (SSSR count). The van der Waals surface area contributed by atoms with Crippen LogP contribution in [0.1, 0.15) is 62.2 Å². The zero-order valence-corrected chi connectivity index (χ0v) is 15.9. The first-order valence-corrected chi connectivity index (χ1v) is 10.5. The second-order valence-electron chi connectivity index (χ2n) is 8.90. The third-order valence-corrected chi connectivity index (χ3v) is 7.37. The molecule has 4 fully saturated rings. The van der Waals surface area contributed by atoms with Crippen LogP contribution in [-0.4, -0.2) is 35.0 Å². The standard InChI is InChI=1S/C22H28N2O3/c1-14-6-4-5-11-24(14)21(26)18-12-16-10-9-15(18)13-22(16)23-20(25)17-7-2-3-8-19(17)27-22/h2-3,7-8,14-16,18H,4-6,9-13H2,1H3,(H,23,25)/t14-,15+,16-,18+,22-/m0/s1. The van der Waals surface area contributed by atoms with Gasteiger partial charge in [-0.25, -0.2) is 0 Å². The Morgan fingerprint density at radius 1 is 1.22 bits per heavy atom. The molecule has 5 atom stereocenters. The summed E-state index contributed by atoms with van der Waals surface area (Å²) in [5.74, 6) is 1.57. The number of rotatable bonds is 1. The molecule has 3 aliphatic carbocycles. The van der Waals surface area contributed by atoms with E-state index in [2.05, 4.69) is 17.1 Å². The molecule has 5 aliphatic rings. The number of carbonyl (C=O) groups is 2. The third-order valence-electron chi connectivity index (χ3n) is 7.37. The Morgan fingerprint density at radius 2 is 2.07 bits per heavy atom. The highest BCUT2D eigenvalue weighted by Gasteiger charge is 2.57. The second-order valence-corrected chi connectivity index (χ2v) is 8.90. The van der Waals surface area contributed by atoms with Crippen LogP contribution in [0, 0.1) is 17.8 Å². The molecule has 1 aromatic rings. The van der Waals surface area contributed by atoms with Crippen LogP contribution in [0.25, 0.3) is 0 Å². The zero-order chi connectivity index (χ0) is 18.6. The topological polar surface area (TPSA) is 58.6 Å². The van der Waals surface area contributed by atoms with Crippen LogP contribution in [0.2, 0.25) is 0 Å². The molecule has 0 unspecified atom stereocenters. The molecule has 2 heterocycles. The summed E-state index contributed by atoms with van der Waals surface area (Å²) in [4.78, 5) is 28.1. The van der Waals surface area contributed by atoms with E-state index in [0.29, 0.717) is 29.2 Å².